The molecule has 2 rings (SSSR count). The summed E-state index contributed by atoms with van der Waals surface area (Å²) in [6.07, 6.45) is -0.544. The van der Waals surface area contributed by atoms with Crippen molar-refractivity contribution in [3.63, 3.8) is 0 Å². The van der Waals surface area contributed by atoms with Gasteiger partial charge in [0.05, 0.1) is 23.5 Å². The molecule has 1 heterocycles. The Morgan fingerprint density at radius 3 is 2.31 bits per heavy atom. The third-order valence-electron chi connectivity index (χ3n) is 3.66. The molecule has 0 spiro atoms. The van der Waals surface area contributed by atoms with Gasteiger partial charge >= 0.3 is 12.1 Å². The Labute approximate surface area is 195 Å². The van der Waals surface area contributed by atoms with E-state index in [1.165, 1.54) is 22.3 Å². The Bertz CT molecular complexity index is 821. The monoisotopic (exact) mass is 471 g/mol. The summed E-state index contributed by atoms with van der Waals surface area (Å²) < 4.78 is 24.7. The molecule has 0 unspecified atom stereocenters. The highest BCUT2D eigenvalue weighted by atomic mass is 32.1. The van der Waals surface area contributed by atoms with Gasteiger partial charge in [-0.15, -0.1) is 11.3 Å². The van der Waals surface area contributed by atoms with E-state index in [4.69, 9.17) is 9.47 Å². The molecular formula is C23H38FN3O4S. The smallest absolute Gasteiger partial charge is 0.407 e. The number of anilines is 1. The molecule has 1 aromatic heterocycles. The molecular weight excluding hydrogens is 433 g/mol. The third kappa shape index (κ3) is 9.82. The summed E-state index contributed by atoms with van der Waals surface area (Å²) in [5.74, 6) is -0.317. The van der Waals surface area contributed by atoms with Gasteiger partial charge in [-0.05, 0) is 26.8 Å². The van der Waals surface area contributed by atoms with Crippen molar-refractivity contribution in [2.24, 2.45) is 0 Å². The number of benzene rings is 1. The molecule has 3 amide bonds. The number of methoxy groups -OCH3 is 1. The number of urea groups is 1. The topological polar surface area (TPSA) is 79.9 Å². The average Bonchev–Trinajstić information content (AvgIpc) is 3.18. The van der Waals surface area contributed by atoms with Gasteiger partial charge in [0.2, 0.25) is 0 Å². The SMILES string of the molecule is CC.CC.COCCN(C(=O)NCCNC(=O)OC(C)(C)C)c1csc2c(F)cccc12. The van der Waals surface area contributed by atoms with E-state index < -0.39 is 11.7 Å². The summed E-state index contributed by atoms with van der Waals surface area (Å²) in [7, 11) is 1.55. The van der Waals surface area contributed by atoms with E-state index in [1.54, 1.807) is 45.4 Å². The lowest BCUT2D eigenvalue weighted by atomic mass is 10.2. The maximum atomic E-state index is 14.0. The van der Waals surface area contributed by atoms with Crippen molar-refractivity contribution in [3.05, 3.63) is 29.4 Å². The van der Waals surface area contributed by atoms with E-state index in [-0.39, 0.29) is 24.9 Å². The van der Waals surface area contributed by atoms with Crippen LogP contribution in [0, 0.1) is 5.82 Å². The Balaban J connectivity index is 0.00000227. The molecule has 0 aliphatic carbocycles. The van der Waals surface area contributed by atoms with Gasteiger partial charge in [0.1, 0.15) is 11.4 Å². The zero-order chi connectivity index (χ0) is 24.7. The van der Waals surface area contributed by atoms with E-state index in [9.17, 15) is 14.0 Å². The van der Waals surface area contributed by atoms with Gasteiger partial charge in [-0.1, -0.05) is 39.8 Å². The number of halogens is 1. The Hall–Kier alpha value is -2.39. The van der Waals surface area contributed by atoms with Crippen molar-refractivity contribution >= 4 is 39.2 Å². The number of hydrogen-bond acceptors (Lipinski definition) is 5. The lowest BCUT2D eigenvalue weighted by molar-refractivity contribution is 0.0528. The van der Waals surface area contributed by atoms with Gasteiger partial charge in [-0.25, -0.2) is 14.0 Å². The van der Waals surface area contributed by atoms with E-state index in [2.05, 4.69) is 10.6 Å². The molecule has 0 atom stereocenters. The predicted molar refractivity (Wildman–Crippen MR) is 131 cm³/mol. The Morgan fingerprint density at radius 1 is 1.09 bits per heavy atom. The van der Waals surface area contributed by atoms with Crippen LogP contribution in [0.2, 0.25) is 0 Å². The summed E-state index contributed by atoms with van der Waals surface area (Å²) in [5.41, 5.74) is 0.0358. The number of hydrogen-bond donors (Lipinski definition) is 2. The van der Waals surface area contributed by atoms with Gasteiger partial charge < -0.3 is 20.1 Å². The number of carbonyl (C=O) groups is 2. The molecule has 2 N–H and O–H groups in total. The number of amides is 3. The molecule has 0 saturated carbocycles. The van der Waals surface area contributed by atoms with E-state index in [1.807, 2.05) is 27.7 Å². The highest BCUT2D eigenvalue weighted by molar-refractivity contribution is 7.17. The molecule has 0 aliphatic heterocycles. The first-order valence-electron chi connectivity index (χ1n) is 10.9. The largest absolute Gasteiger partial charge is 0.444 e. The lowest BCUT2D eigenvalue weighted by Crippen LogP contribution is -2.45. The predicted octanol–water partition coefficient (Wildman–Crippen LogP) is 5.78. The van der Waals surface area contributed by atoms with E-state index in [0.29, 0.717) is 28.9 Å². The number of nitrogens with one attached hydrogen (secondary N) is 2. The van der Waals surface area contributed by atoms with Gasteiger partial charge in [-0.2, -0.15) is 0 Å². The molecule has 0 fully saturated rings. The Kier molecular flexibility index (Phi) is 14.3. The number of carbonyl (C=O) groups excluding carboxylic acids is 2. The lowest BCUT2D eigenvalue weighted by Gasteiger charge is -2.23. The standard InChI is InChI=1S/C19H26FN3O4S.2C2H6/c1-19(2,3)27-18(25)22-9-8-21-17(24)23(10-11-26-4)15-12-28-16-13(15)6-5-7-14(16)20;2*1-2/h5-7,12H,8-11H2,1-4H3,(H,21,24)(H,22,25);2*1-2H3. The average molecular weight is 472 g/mol. The van der Waals surface area contributed by atoms with Gasteiger partial charge in [0.25, 0.3) is 0 Å². The second-order valence-corrected chi connectivity index (χ2v) is 7.92. The second-order valence-electron chi connectivity index (χ2n) is 7.04. The molecule has 1 aromatic carbocycles. The summed E-state index contributed by atoms with van der Waals surface area (Å²) in [4.78, 5) is 25.8. The van der Waals surface area contributed by atoms with Crippen LogP contribution in [0.1, 0.15) is 48.5 Å². The molecule has 0 radical (unpaired) electrons. The summed E-state index contributed by atoms with van der Waals surface area (Å²) in [5, 5.41) is 7.75. The van der Waals surface area contributed by atoms with Gasteiger partial charge in [0, 0.05) is 31.0 Å². The Morgan fingerprint density at radius 2 is 1.72 bits per heavy atom. The van der Waals surface area contributed by atoms with Crippen LogP contribution in [-0.4, -0.2) is 51.1 Å². The first kappa shape index (κ1) is 29.6. The van der Waals surface area contributed by atoms with Crippen LogP contribution < -0.4 is 15.5 Å². The first-order chi connectivity index (χ1) is 15.2. The van der Waals surface area contributed by atoms with E-state index >= 15 is 0 Å². The van der Waals surface area contributed by atoms with Crippen molar-refractivity contribution in [3.8, 4) is 0 Å². The van der Waals surface area contributed by atoms with Crippen LogP contribution >= 0.6 is 11.3 Å². The molecule has 7 nitrogen and oxygen atoms in total. The number of nitrogens with zero attached hydrogens (tertiary/aromatic N) is 1. The first-order valence-corrected chi connectivity index (χ1v) is 11.8. The molecule has 182 valence electrons. The number of ether oxygens (including phenoxy) is 2. The van der Waals surface area contributed by atoms with E-state index in [0.717, 1.165) is 0 Å². The minimum atomic E-state index is -0.584. The minimum Gasteiger partial charge on any atom is -0.444 e. The zero-order valence-corrected chi connectivity index (χ0v) is 21.3. The highest BCUT2D eigenvalue weighted by Gasteiger charge is 2.20. The van der Waals surface area contributed by atoms with Crippen LogP contribution in [0.15, 0.2) is 23.6 Å². The second kappa shape index (κ2) is 15.4. The number of thiophene rings is 1. The molecule has 0 bridgehead atoms. The molecule has 32 heavy (non-hydrogen) atoms. The summed E-state index contributed by atoms with van der Waals surface area (Å²) in [6.45, 7) is 14.4. The van der Waals surface area contributed by atoms with Crippen LogP contribution in [0.4, 0.5) is 19.7 Å². The number of fused-ring (bicyclic) bond motifs is 1. The fourth-order valence-corrected chi connectivity index (χ4v) is 3.44. The van der Waals surface area contributed by atoms with Crippen molar-refractivity contribution in [2.75, 3.05) is 38.3 Å². The van der Waals surface area contributed by atoms with Crippen LogP contribution in [0.25, 0.3) is 10.1 Å². The maximum Gasteiger partial charge on any atom is 0.407 e. The van der Waals surface area contributed by atoms with Crippen LogP contribution in [0.5, 0.6) is 0 Å². The summed E-state index contributed by atoms with van der Waals surface area (Å²) in [6, 6.07) is 4.43. The summed E-state index contributed by atoms with van der Waals surface area (Å²) >= 11 is 1.25. The fourth-order valence-electron chi connectivity index (χ4n) is 2.48. The fraction of sp³-hybridized carbons (Fsp3) is 0.565. The normalized spacial score (nSPS) is 10.3. The minimum absolute atomic E-state index is 0.220. The molecule has 0 aliphatic rings. The van der Waals surface area contributed by atoms with Gasteiger partial charge in [-0.3, -0.25) is 4.90 Å². The van der Waals surface area contributed by atoms with Crippen molar-refractivity contribution in [1.82, 2.24) is 10.6 Å². The molecule has 0 saturated heterocycles. The molecule has 2 aromatic rings. The number of alkyl carbamates (subject to hydrolysis) is 1. The van der Waals surface area contributed by atoms with Crippen molar-refractivity contribution in [1.29, 1.82) is 0 Å². The van der Waals surface area contributed by atoms with Crippen molar-refractivity contribution < 1.29 is 23.5 Å². The molecule has 9 heteroatoms. The third-order valence-corrected chi connectivity index (χ3v) is 4.65. The maximum absolute atomic E-state index is 14.0. The number of rotatable bonds is 7. The van der Waals surface area contributed by atoms with Crippen LogP contribution in [-0.2, 0) is 9.47 Å². The van der Waals surface area contributed by atoms with Crippen LogP contribution in [0.3, 0.4) is 0 Å². The quantitative estimate of drug-likeness (QED) is 0.502. The van der Waals surface area contributed by atoms with Crippen molar-refractivity contribution in [2.45, 2.75) is 54.1 Å². The van der Waals surface area contributed by atoms with Gasteiger partial charge in [0.15, 0.2) is 0 Å². The highest BCUT2D eigenvalue weighted by Crippen LogP contribution is 2.34. The zero-order valence-electron chi connectivity index (χ0n) is 20.5.